The first-order valence-corrected chi connectivity index (χ1v) is 6.29. The van der Waals surface area contributed by atoms with E-state index >= 15 is 0 Å². The molecule has 6 nitrogen and oxygen atoms in total. The van der Waals surface area contributed by atoms with Gasteiger partial charge in [0.15, 0.2) is 0 Å². The Hall–Kier alpha value is -2.41. The molecule has 7 heteroatoms. The lowest BCUT2D eigenvalue weighted by atomic mass is 10.2. The zero-order valence-corrected chi connectivity index (χ0v) is 11.6. The van der Waals surface area contributed by atoms with Crippen LogP contribution in [0.2, 0.25) is 0 Å². The Morgan fingerprint density at radius 3 is 2.55 bits per heavy atom. The molecule has 0 saturated heterocycles. The number of benzene rings is 2. The van der Waals surface area contributed by atoms with Crippen molar-refractivity contribution in [2.24, 2.45) is 0 Å². The van der Waals surface area contributed by atoms with Crippen LogP contribution in [0.25, 0.3) is 0 Å². The molecule has 0 unspecified atom stereocenters. The molecule has 102 valence electrons. The molecule has 2 rings (SSSR count). The molecule has 0 heterocycles. The Labute approximate surface area is 122 Å². The molecule has 0 spiro atoms. The Balaban J connectivity index is 2.30. The van der Waals surface area contributed by atoms with E-state index in [1.807, 2.05) is 0 Å². The van der Waals surface area contributed by atoms with Crippen molar-refractivity contribution in [3.8, 4) is 5.75 Å². The van der Waals surface area contributed by atoms with Crippen molar-refractivity contribution in [2.45, 2.75) is 0 Å². The van der Waals surface area contributed by atoms with Crippen molar-refractivity contribution in [1.29, 1.82) is 0 Å². The quantitative estimate of drug-likeness (QED) is 0.688. The molecule has 1 N–H and O–H groups in total. The van der Waals surface area contributed by atoms with Crippen LogP contribution in [0.4, 0.5) is 11.4 Å². The maximum Gasteiger partial charge on any atom is 0.271 e. The van der Waals surface area contributed by atoms with Gasteiger partial charge in [-0.3, -0.25) is 14.9 Å². The van der Waals surface area contributed by atoms with Crippen LogP contribution in [0.5, 0.6) is 5.75 Å². The van der Waals surface area contributed by atoms with Gasteiger partial charge in [0.2, 0.25) is 0 Å². The molecule has 0 aromatic heterocycles. The maximum absolute atomic E-state index is 12.0. The standard InChI is InChI=1S/C13H9BrN2O4/c14-10-4-2-1-3-9(10)13(18)15-11-7-8(16(19)20)5-6-12(11)17/h1-7,17H,(H,15,18)/p-1. The predicted octanol–water partition coefficient (Wildman–Crippen LogP) is 2.68. The number of hydrogen-bond donors (Lipinski definition) is 1. The van der Waals surface area contributed by atoms with Gasteiger partial charge in [-0.25, -0.2) is 0 Å². The highest BCUT2D eigenvalue weighted by Crippen LogP contribution is 2.27. The van der Waals surface area contributed by atoms with Crippen LogP contribution in [-0.4, -0.2) is 10.8 Å². The lowest BCUT2D eigenvalue weighted by Crippen LogP contribution is -2.14. The van der Waals surface area contributed by atoms with E-state index < -0.39 is 16.6 Å². The van der Waals surface area contributed by atoms with Crippen LogP contribution in [0.15, 0.2) is 46.9 Å². The summed E-state index contributed by atoms with van der Waals surface area (Å²) < 4.78 is 0.565. The number of nitrogens with one attached hydrogen (secondary N) is 1. The van der Waals surface area contributed by atoms with Gasteiger partial charge in [0, 0.05) is 22.3 Å². The van der Waals surface area contributed by atoms with E-state index in [9.17, 15) is 20.0 Å². The Morgan fingerprint density at radius 2 is 1.90 bits per heavy atom. The van der Waals surface area contributed by atoms with Crippen LogP contribution in [-0.2, 0) is 0 Å². The zero-order chi connectivity index (χ0) is 14.7. The van der Waals surface area contributed by atoms with Gasteiger partial charge in [-0.1, -0.05) is 23.9 Å². The van der Waals surface area contributed by atoms with Crippen molar-refractivity contribution in [1.82, 2.24) is 0 Å². The second-order valence-electron chi connectivity index (χ2n) is 3.87. The largest absolute Gasteiger partial charge is 0.871 e. The van der Waals surface area contributed by atoms with E-state index in [0.29, 0.717) is 10.0 Å². The molecular weight excluding hydrogens is 328 g/mol. The van der Waals surface area contributed by atoms with Gasteiger partial charge in [-0.15, -0.1) is 0 Å². The lowest BCUT2D eigenvalue weighted by molar-refractivity contribution is -0.385. The summed E-state index contributed by atoms with van der Waals surface area (Å²) in [6.07, 6.45) is 0. The van der Waals surface area contributed by atoms with Crippen molar-refractivity contribution in [2.75, 3.05) is 5.32 Å². The van der Waals surface area contributed by atoms with E-state index in [4.69, 9.17) is 0 Å². The molecule has 1 amide bonds. The summed E-state index contributed by atoms with van der Waals surface area (Å²) in [7, 11) is 0. The van der Waals surface area contributed by atoms with Crippen molar-refractivity contribution >= 4 is 33.2 Å². The number of rotatable bonds is 3. The fraction of sp³-hybridized carbons (Fsp3) is 0. The molecule has 0 radical (unpaired) electrons. The number of carbonyl (C=O) groups is 1. The number of nitro benzene ring substituents is 1. The fourth-order valence-corrected chi connectivity index (χ4v) is 2.03. The Bertz CT molecular complexity index is 688. The lowest BCUT2D eigenvalue weighted by Gasteiger charge is -2.14. The molecule has 20 heavy (non-hydrogen) atoms. The van der Waals surface area contributed by atoms with Gasteiger partial charge >= 0.3 is 0 Å². The highest BCUT2D eigenvalue weighted by atomic mass is 79.9. The fourth-order valence-electron chi connectivity index (χ4n) is 1.56. The third-order valence-corrected chi connectivity index (χ3v) is 3.23. The summed E-state index contributed by atoms with van der Waals surface area (Å²) in [5.74, 6) is -1.01. The second kappa shape index (κ2) is 5.70. The van der Waals surface area contributed by atoms with Crippen LogP contribution in [0.1, 0.15) is 10.4 Å². The number of nitrogens with zero attached hydrogens (tertiary/aromatic N) is 1. The molecule has 0 aliphatic heterocycles. The van der Waals surface area contributed by atoms with Gasteiger partial charge in [0.1, 0.15) is 0 Å². The van der Waals surface area contributed by atoms with E-state index in [0.717, 1.165) is 18.2 Å². The first-order chi connectivity index (χ1) is 9.49. The van der Waals surface area contributed by atoms with Crippen LogP contribution in [0.3, 0.4) is 0 Å². The molecule has 0 aliphatic rings. The predicted molar refractivity (Wildman–Crippen MR) is 74.6 cm³/mol. The number of halogens is 1. The molecule has 0 saturated carbocycles. The number of hydrogen-bond acceptors (Lipinski definition) is 4. The molecule has 0 atom stereocenters. The van der Waals surface area contributed by atoms with Crippen LogP contribution < -0.4 is 10.4 Å². The minimum Gasteiger partial charge on any atom is -0.871 e. The molecule has 0 aliphatic carbocycles. The number of anilines is 1. The maximum atomic E-state index is 12.0. The van der Waals surface area contributed by atoms with Gasteiger partial charge < -0.3 is 10.4 Å². The van der Waals surface area contributed by atoms with Gasteiger partial charge in [-0.2, -0.15) is 0 Å². The SMILES string of the molecule is O=C(Nc1cc([N+](=O)[O-])ccc1[O-])c1ccccc1Br. The summed E-state index contributed by atoms with van der Waals surface area (Å²) in [5.41, 5.74) is -0.0506. The van der Waals surface area contributed by atoms with Gasteiger partial charge in [0.25, 0.3) is 11.6 Å². The van der Waals surface area contributed by atoms with Crippen LogP contribution >= 0.6 is 15.9 Å². The molecule has 2 aromatic rings. The average molecular weight is 336 g/mol. The minimum absolute atomic E-state index is 0.125. The monoisotopic (exact) mass is 335 g/mol. The second-order valence-corrected chi connectivity index (χ2v) is 4.73. The smallest absolute Gasteiger partial charge is 0.271 e. The Kier molecular flexibility index (Phi) is 3.99. The normalized spacial score (nSPS) is 10.1. The number of nitro groups is 1. The average Bonchev–Trinajstić information content (AvgIpc) is 2.41. The van der Waals surface area contributed by atoms with Crippen molar-refractivity contribution in [3.05, 3.63) is 62.6 Å². The summed E-state index contributed by atoms with van der Waals surface area (Å²) in [4.78, 5) is 22.0. The minimum atomic E-state index is -0.631. The molecular formula is C13H8BrN2O4-. The van der Waals surface area contributed by atoms with E-state index in [-0.39, 0.29) is 11.4 Å². The summed E-state index contributed by atoms with van der Waals surface area (Å²) in [6, 6.07) is 9.85. The van der Waals surface area contributed by atoms with Gasteiger partial charge in [-0.05, 0) is 28.1 Å². The Morgan fingerprint density at radius 1 is 1.20 bits per heavy atom. The third kappa shape index (κ3) is 2.94. The summed E-state index contributed by atoms with van der Waals surface area (Å²) in [5, 5.41) is 24.6. The first-order valence-electron chi connectivity index (χ1n) is 5.50. The van der Waals surface area contributed by atoms with E-state index in [2.05, 4.69) is 21.2 Å². The van der Waals surface area contributed by atoms with E-state index in [1.165, 1.54) is 0 Å². The molecule has 0 bridgehead atoms. The third-order valence-electron chi connectivity index (χ3n) is 2.54. The highest BCUT2D eigenvalue weighted by Gasteiger charge is 2.12. The highest BCUT2D eigenvalue weighted by molar-refractivity contribution is 9.10. The molecule has 0 fully saturated rings. The van der Waals surface area contributed by atoms with Gasteiger partial charge in [0.05, 0.1) is 10.5 Å². The summed E-state index contributed by atoms with van der Waals surface area (Å²) in [6.45, 7) is 0. The topological polar surface area (TPSA) is 95.3 Å². The van der Waals surface area contributed by atoms with Crippen molar-refractivity contribution in [3.63, 3.8) is 0 Å². The number of amides is 1. The zero-order valence-electron chi connectivity index (χ0n) is 10.00. The number of carbonyl (C=O) groups excluding carboxylic acids is 1. The summed E-state index contributed by atoms with van der Waals surface area (Å²) >= 11 is 3.22. The van der Waals surface area contributed by atoms with Crippen molar-refractivity contribution < 1.29 is 14.8 Å². The van der Waals surface area contributed by atoms with Crippen LogP contribution in [0, 0.1) is 10.1 Å². The number of non-ortho nitro benzene ring substituents is 1. The first kappa shape index (κ1) is 14.0. The van der Waals surface area contributed by atoms with E-state index in [1.54, 1.807) is 24.3 Å². The molecule has 2 aromatic carbocycles.